The molecule has 6 rings (SSSR count). The lowest BCUT2D eigenvalue weighted by Gasteiger charge is -2.30. The molecule has 3 aromatic rings. The maximum absolute atomic E-state index is 13.0. The molecule has 2 fully saturated rings. The van der Waals surface area contributed by atoms with Crippen molar-refractivity contribution < 1.29 is 37.9 Å². The monoisotopic (exact) mass is 837 g/mol. The number of fused-ring (bicyclic) bond motifs is 1. The smallest absolute Gasteiger partial charge is 0.315 e. The van der Waals surface area contributed by atoms with Gasteiger partial charge in [0.15, 0.2) is 5.13 Å². The highest BCUT2D eigenvalue weighted by molar-refractivity contribution is 8.00. The van der Waals surface area contributed by atoms with Crippen LogP contribution in [0.4, 0.5) is 9.93 Å². The third-order valence-corrected chi connectivity index (χ3v) is 12.1. The molecule has 1 atom stereocenters. The Balaban J connectivity index is 0.783. The molecule has 0 radical (unpaired) electrons. The molecule has 19 heteroatoms. The number of likely N-dealkylation sites (tertiary alicyclic amines) is 1. The summed E-state index contributed by atoms with van der Waals surface area (Å²) in [4.78, 5) is 87.3. The van der Waals surface area contributed by atoms with Gasteiger partial charge >= 0.3 is 6.03 Å². The average Bonchev–Trinajstić information content (AvgIpc) is 3.91. The number of hydrogen-bond acceptors (Lipinski definition) is 13. The van der Waals surface area contributed by atoms with Gasteiger partial charge in [-0.2, -0.15) is 0 Å². The van der Waals surface area contributed by atoms with Gasteiger partial charge in [-0.25, -0.2) is 14.8 Å². The molecule has 58 heavy (non-hydrogen) atoms. The molecular formula is C39H51N9O8S2. The molecule has 3 aliphatic rings. The number of nitrogens with one attached hydrogen (secondary N) is 5. The van der Waals surface area contributed by atoms with Crippen molar-refractivity contribution in [3.8, 4) is 0 Å². The highest BCUT2D eigenvalue weighted by Crippen LogP contribution is 2.33. The fraction of sp³-hybridized carbons (Fsp3) is 0.538. The molecule has 2 saturated heterocycles. The van der Waals surface area contributed by atoms with E-state index in [1.54, 1.807) is 36.3 Å². The minimum Gasteiger partial charge on any atom is -0.444 e. The van der Waals surface area contributed by atoms with Crippen molar-refractivity contribution in [1.29, 1.82) is 0 Å². The molecule has 5 N–H and O–H groups in total. The van der Waals surface area contributed by atoms with Crippen molar-refractivity contribution in [2.75, 3.05) is 51.3 Å². The second-order valence-corrected chi connectivity index (χ2v) is 17.8. The number of piperidine rings is 1. The molecule has 0 bridgehead atoms. The number of benzene rings is 1. The van der Waals surface area contributed by atoms with Gasteiger partial charge in [-0.05, 0) is 56.0 Å². The fourth-order valence-corrected chi connectivity index (χ4v) is 8.56. The number of hydrogen-bond donors (Lipinski definition) is 5. The van der Waals surface area contributed by atoms with Gasteiger partial charge in [0.1, 0.15) is 11.8 Å². The van der Waals surface area contributed by atoms with Crippen LogP contribution in [0.5, 0.6) is 0 Å². The lowest BCUT2D eigenvalue weighted by Crippen LogP contribution is -2.46. The quantitative estimate of drug-likeness (QED) is 0.0799. The topological polar surface area (TPSA) is 217 Å². The summed E-state index contributed by atoms with van der Waals surface area (Å²) in [5.41, 5.74) is 1.99. The van der Waals surface area contributed by atoms with Crippen molar-refractivity contribution in [3.05, 3.63) is 58.9 Å². The highest BCUT2D eigenvalue weighted by atomic mass is 32.2. The molecular weight excluding hydrogens is 787 g/mol. The number of rotatable bonds is 16. The zero-order chi connectivity index (χ0) is 41.2. The normalized spacial score (nSPS) is 17.7. The first-order chi connectivity index (χ1) is 27.8. The molecule has 7 amide bonds. The fourth-order valence-electron chi connectivity index (χ4n) is 6.83. The van der Waals surface area contributed by atoms with Gasteiger partial charge in [0.2, 0.25) is 29.5 Å². The average molecular weight is 838 g/mol. The molecule has 312 valence electrons. The van der Waals surface area contributed by atoms with Gasteiger partial charge in [-0.3, -0.25) is 34.2 Å². The van der Waals surface area contributed by atoms with Crippen LogP contribution in [-0.4, -0.2) is 107 Å². The first kappa shape index (κ1) is 42.7. The molecule has 5 heterocycles. The minimum atomic E-state index is -0.690. The van der Waals surface area contributed by atoms with E-state index in [2.05, 4.69) is 57.3 Å². The van der Waals surface area contributed by atoms with Crippen LogP contribution in [0.1, 0.15) is 86.0 Å². The van der Waals surface area contributed by atoms with E-state index in [0.29, 0.717) is 67.7 Å². The van der Waals surface area contributed by atoms with Crippen LogP contribution in [0.25, 0.3) is 0 Å². The summed E-state index contributed by atoms with van der Waals surface area (Å²) >= 11 is 2.98. The molecule has 0 saturated carbocycles. The number of imide groups is 1. The third-order valence-electron chi connectivity index (χ3n) is 10.0. The summed E-state index contributed by atoms with van der Waals surface area (Å²) in [5, 5.41) is 14.2. The largest absolute Gasteiger partial charge is 0.444 e. The lowest BCUT2D eigenvalue weighted by atomic mass is 9.94. The van der Waals surface area contributed by atoms with Gasteiger partial charge in [-0.15, -0.1) is 11.8 Å². The van der Waals surface area contributed by atoms with Gasteiger partial charge in [0.25, 0.3) is 5.91 Å². The second-order valence-electron chi connectivity index (χ2n) is 15.5. The van der Waals surface area contributed by atoms with E-state index in [9.17, 15) is 28.8 Å². The van der Waals surface area contributed by atoms with E-state index in [1.807, 2.05) is 11.0 Å². The molecule has 17 nitrogen and oxygen atoms in total. The summed E-state index contributed by atoms with van der Waals surface area (Å²) < 4.78 is 12.4. The van der Waals surface area contributed by atoms with Crippen LogP contribution in [0.15, 0.2) is 39.2 Å². The minimum absolute atomic E-state index is 0.0590. The number of oxazole rings is 1. The number of thiazole rings is 1. The molecule has 1 unspecified atom stereocenters. The van der Waals surface area contributed by atoms with Crippen molar-refractivity contribution in [3.63, 3.8) is 0 Å². The highest BCUT2D eigenvalue weighted by Gasteiger charge is 2.38. The summed E-state index contributed by atoms with van der Waals surface area (Å²) in [6.45, 7) is 9.39. The lowest BCUT2D eigenvalue weighted by molar-refractivity contribution is -0.132. The molecule has 3 aliphatic heterocycles. The predicted molar refractivity (Wildman–Crippen MR) is 216 cm³/mol. The van der Waals surface area contributed by atoms with E-state index in [-0.39, 0.29) is 86.8 Å². The van der Waals surface area contributed by atoms with Gasteiger partial charge in [0, 0.05) is 49.5 Å². The van der Waals surface area contributed by atoms with Crippen LogP contribution < -0.4 is 26.6 Å². The number of aromatic nitrogens is 2. The molecule has 2 aromatic heterocycles. The Hall–Kier alpha value is -4.85. The van der Waals surface area contributed by atoms with Crippen molar-refractivity contribution in [2.24, 2.45) is 5.92 Å². The van der Waals surface area contributed by atoms with Crippen LogP contribution in [0.3, 0.4) is 0 Å². The number of nitrogens with zero attached hydrogens (tertiary/aromatic N) is 4. The van der Waals surface area contributed by atoms with E-state index >= 15 is 0 Å². The first-order valence-corrected chi connectivity index (χ1v) is 21.3. The summed E-state index contributed by atoms with van der Waals surface area (Å²) in [6, 6.07) is 4.24. The standard InChI is InChI=1S/C39H51N9O8S2/c1-39(2,3)29-19-42-32(56-29)23-57-33-20-44-38(58-33)46-34(51)25-9-13-47(14-10-25)22-31(50)40-11-15-55-16-12-41-37(54)43-18-24-7-8-27-26(17-24)21-48(36(27)53)28-5-4-6-30(49)45-35(28)52/h7-8,17,19-20,25,28H,4-6,9-16,18,21-23H2,1-3H3,(H,40,50)(H2,41,43,54)(H,44,46,51)(H,45,49,52). The maximum atomic E-state index is 13.0. The Morgan fingerprint density at radius 3 is 2.55 bits per heavy atom. The van der Waals surface area contributed by atoms with Crippen LogP contribution in [0, 0.1) is 5.92 Å². The Morgan fingerprint density at radius 1 is 1.02 bits per heavy atom. The summed E-state index contributed by atoms with van der Waals surface area (Å²) in [5.74, 6) is 0.734. The Kier molecular flexibility index (Phi) is 14.5. The van der Waals surface area contributed by atoms with Crippen LogP contribution in [-0.2, 0) is 48.2 Å². The number of carbonyl (C=O) groups is 6. The van der Waals surface area contributed by atoms with E-state index in [1.165, 1.54) is 16.2 Å². The Labute approximate surface area is 345 Å². The van der Waals surface area contributed by atoms with Crippen molar-refractivity contribution >= 4 is 63.8 Å². The number of anilines is 1. The first-order valence-electron chi connectivity index (χ1n) is 19.5. The molecule has 1 aromatic carbocycles. The van der Waals surface area contributed by atoms with E-state index in [4.69, 9.17) is 9.15 Å². The SMILES string of the molecule is CC(C)(C)c1cnc(CSc2cnc(NC(=O)C3CCN(CC(=O)NCCOCCNC(=O)NCc4ccc5c(c4)CN(C4CCCC(=O)NC4=O)C5=O)CC3)s2)o1. The number of carbonyl (C=O) groups excluding carboxylic acids is 6. The predicted octanol–water partition coefficient (Wildman–Crippen LogP) is 3.15. The zero-order valence-corrected chi connectivity index (χ0v) is 34.7. The third kappa shape index (κ3) is 11.9. The maximum Gasteiger partial charge on any atom is 0.315 e. The summed E-state index contributed by atoms with van der Waals surface area (Å²) in [7, 11) is 0. The van der Waals surface area contributed by atoms with Crippen LogP contribution >= 0.6 is 23.1 Å². The second kappa shape index (κ2) is 19.7. The van der Waals surface area contributed by atoms with E-state index in [0.717, 1.165) is 21.1 Å². The number of thioether (sulfide) groups is 1. The number of urea groups is 1. The Bertz CT molecular complexity index is 1970. The van der Waals surface area contributed by atoms with Crippen LogP contribution in [0.2, 0.25) is 0 Å². The molecule has 0 spiro atoms. The van der Waals surface area contributed by atoms with Crippen molar-refractivity contribution in [1.82, 2.24) is 41.0 Å². The van der Waals surface area contributed by atoms with E-state index < -0.39 is 11.9 Å². The van der Waals surface area contributed by atoms with Gasteiger partial charge in [0.05, 0.1) is 42.1 Å². The molecule has 0 aliphatic carbocycles. The Morgan fingerprint density at radius 2 is 1.79 bits per heavy atom. The summed E-state index contributed by atoms with van der Waals surface area (Å²) in [6.07, 6.45) is 6.03. The van der Waals surface area contributed by atoms with Gasteiger partial charge in [-0.1, -0.05) is 44.2 Å². The van der Waals surface area contributed by atoms with Gasteiger partial charge < -0.3 is 35.3 Å². The number of amides is 7. The number of ether oxygens (including phenoxy) is 1. The zero-order valence-electron chi connectivity index (χ0n) is 33.0. The van der Waals surface area contributed by atoms with Crippen molar-refractivity contribution in [2.45, 2.75) is 87.4 Å².